The highest BCUT2D eigenvalue weighted by Gasteiger charge is 2.29. The molecule has 0 saturated carbocycles. The summed E-state index contributed by atoms with van der Waals surface area (Å²) < 4.78 is 5.29. The molecule has 0 aliphatic carbocycles. The third-order valence-corrected chi connectivity index (χ3v) is 7.91. The number of aromatic nitrogens is 1. The molecule has 4 aromatic rings. The molecule has 0 radical (unpaired) electrons. The third-order valence-electron chi connectivity index (χ3n) is 6.72. The number of hydrogen-bond acceptors (Lipinski definition) is 6. The van der Waals surface area contributed by atoms with Crippen molar-refractivity contribution in [1.29, 1.82) is 0 Å². The molecule has 0 saturated heterocycles. The average Bonchev–Trinajstić information content (AvgIpc) is 3.24. The van der Waals surface area contributed by atoms with Crippen molar-refractivity contribution < 1.29 is 19.1 Å². The molecule has 4 rings (SSSR count). The molecule has 0 fully saturated rings. The number of fused-ring (bicyclic) bond motifs is 1. The number of benzene rings is 2. The fraction of sp³-hybridized carbons (Fsp3) is 0.290. The van der Waals surface area contributed by atoms with Crippen LogP contribution in [0.15, 0.2) is 48.5 Å². The van der Waals surface area contributed by atoms with Crippen molar-refractivity contribution in [2.24, 2.45) is 0 Å². The van der Waals surface area contributed by atoms with Crippen LogP contribution in [-0.4, -0.2) is 47.4 Å². The summed E-state index contributed by atoms with van der Waals surface area (Å²) >= 11 is 1.10. The summed E-state index contributed by atoms with van der Waals surface area (Å²) in [5.41, 5.74) is 5.64. The van der Waals surface area contributed by atoms with E-state index in [0.717, 1.165) is 28.0 Å². The molecule has 1 N–H and O–H groups in total. The number of para-hydroxylation sites is 1. The number of thiophene rings is 1. The summed E-state index contributed by atoms with van der Waals surface area (Å²) in [7, 11) is 0. The van der Waals surface area contributed by atoms with Crippen molar-refractivity contribution in [2.75, 3.05) is 25.0 Å². The molecule has 0 atom stereocenters. The van der Waals surface area contributed by atoms with Crippen LogP contribution in [0, 0.1) is 20.8 Å². The Hall–Kier alpha value is -4.04. The smallest absolute Gasteiger partial charge is 0.341 e. The Labute approximate surface area is 232 Å². The molecule has 2 heterocycles. The van der Waals surface area contributed by atoms with Gasteiger partial charge >= 0.3 is 5.97 Å². The van der Waals surface area contributed by atoms with Crippen LogP contribution in [0.4, 0.5) is 5.00 Å². The van der Waals surface area contributed by atoms with E-state index in [4.69, 9.17) is 9.72 Å². The van der Waals surface area contributed by atoms with E-state index in [0.29, 0.717) is 50.7 Å². The van der Waals surface area contributed by atoms with Gasteiger partial charge < -0.3 is 15.0 Å². The lowest BCUT2D eigenvalue weighted by atomic mass is 9.99. The number of nitrogens with one attached hydrogen (secondary N) is 1. The number of ether oxygens (including phenoxy) is 1. The number of carbonyl (C=O) groups is 3. The number of nitrogens with zero attached hydrogens (tertiary/aromatic N) is 2. The minimum Gasteiger partial charge on any atom is -0.462 e. The molecule has 2 aromatic carbocycles. The number of aryl methyl sites for hydroxylation is 2. The number of pyridine rings is 1. The molecule has 202 valence electrons. The minimum atomic E-state index is -0.573. The van der Waals surface area contributed by atoms with E-state index >= 15 is 0 Å². The van der Waals surface area contributed by atoms with Gasteiger partial charge in [0, 0.05) is 24.0 Å². The standard InChI is InChI=1S/C31H33N3O4S/c1-7-34(8-2)30(36)27-20(6)26(31(37)38-9-3)29(39-27)33-28(35)23-17-25(21-15-14-18(4)16-19(21)5)32-24-13-11-10-12-22(23)24/h10-17H,7-9H2,1-6H3,(H,33,35). The highest BCUT2D eigenvalue weighted by Crippen LogP contribution is 2.36. The van der Waals surface area contributed by atoms with E-state index in [1.54, 1.807) is 24.8 Å². The van der Waals surface area contributed by atoms with E-state index in [-0.39, 0.29) is 18.1 Å². The second-order valence-electron chi connectivity index (χ2n) is 9.30. The largest absolute Gasteiger partial charge is 0.462 e. The number of hydrogen-bond donors (Lipinski definition) is 1. The Morgan fingerprint density at radius 2 is 1.69 bits per heavy atom. The topological polar surface area (TPSA) is 88.6 Å². The highest BCUT2D eigenvalue weighted by atomic mass is 32.1. The van der Waals surface area contributed by atoms with Crippen LogP contribution in [0.3, 0.4) is 0 Å². The molecule has 0 aliphatic heterocycles. The molecular weight excluding hydrogens is 510 g/mol. The van der Waals surface area contributed by atoms with Crippen LogP contribution in [-0.2, 0) is 4.74 Å². The zero-order valence-electron chi connectivity index (χ0n) is 23.2. The molecule has 39 heavy (non-hydrogen) atoms. The molecule has 8 heteroatoms. The lowest BCUT2D eigenvalue weighted by molar-refractivity contribution is 0.0527. The number of anilines is 1. The van der Waals surface area contributed by atoms with Crippen LogP contribution >= 0.6 is 11.3 Å². The molecule has 7 nitrogen and oxygen atoms in total. The van der Waals surface area contributed by atoms with E-state index in [9.17, 15) is 14.4 Å². The Bertz CT molecular complexity index is 1570. The fourth-order valence-corrected chi connectivity index (χ4v) is 5.84. The Morgan fingerprint density at radius 1 is 0.974 bits per heavy atom. The molecule has 0 unspecified atom stereocenters. The van der Waals surface area contributed by atoms with Gasteiger partial charge in [0.25, 0.3) is 11.8 Å². The lowest BCUT2D eigenvalue weighted by Gasteiger charge is -2.18. The SMILES string of the molecule is CCOC(=O)c1c(NC(=O)c2cc(-c3ccc(C)cc3C)nc3ccccc23)sc(C(=O)N(CC)CC)c1C. The number of rotatable bonds is 8. The van der Waals surface area contributed by atoms with Crippen molar-refractivity contribution in [3.8, 4) is 11.3 Å². The van der Waals surface area contributed by atoms with Crippen molar-refractivity contribution in [2.45, 2.75) is 41.5 Å². The van der Waals surface area contributed by atoms with Gasteiger partial charge in [0.2, 0.25) is 0 Å². The molecule has 0 bridgehead atoms. The molecule has 0 spiro atoms. The van der Waals surface area contributed by atoms with Crippen molar-refractivity contribution in [1.82, 2.24) is 9.88 Å². The first-order chi connectivity index (χ1) is 18.7. The monoisotopic (exact) mass is 543 g/mol. The zero-order chi connectivity index (χ0) is 28.3. The summed E-state index contributed by atoms with van der Waals surface area (Å²) in [5.74, 6) is -1.15. The zero-order valence-corrected chi connectivity index (χ0v) is 24.0. The van der Waals surface area contributed by atoms with Gasteiger partial charge in [0.15, 0.2) is 0 Å². The van der Waals surface area contributed by atoms with Gasteiger partial charge in [-0.3, -0.25) is 9.59 Å². The van der Waals surface area contributed by atoms with Crippen molar-refractivity contribution in [3.05, 3.63) is 81.2 Å². The van der Waals surface area contributed by atoms with Gasteiger partial charge in [-0.2, -0.15) is 0 Å². The van der Waals surface area contributed by atoms with E-state index < -0.39 is 11.9 Å². The Balaban J connectivity index is 1.82. The summed E-state index contributed by atoms with van der Waals surface area (Å²) in [6.07, 6.45) is 0. The first-order valence-corrected chi connectivity index (χ1v) is 13.9. The first kappa shape index (κ1) is 28.0. The van der Waals surface area contributed by atoms with Gasteiger partial charge in [-0.25, -0.2) is 9.78 Å². The number of esters is 1. The van der Waals surface area contributed by atoms with Gasteiger partial charge in [0.05, 0.1) is 33.8 Å². The normalized spacial score (nSPS) is 10.9. The van der Waals surface area contributed by atoms with E-state index in [1.165, 1.54) is 0 Å². The Kier molecular flexibility index (Phi) is 8.45. The molecular formula is C31H33N3O4S. The molecule has 2 amide bonds. The van der Waals surface area contributed by atoms with E-state index in [2.05, 4.69) is 11.4 Å². The number of amides is 2. The highest BCUT2D eigenvalue weighted by molar-refractivity contribution is 7.18. The predicted molar refractivity (Wildman–Crippen MR) is 157 cm³/mol. The first-order valence-electron chi connectivity index (χ1n) is 13.1. The van der Waals surface area contributed by atoms with Gasteiger partial charge in [-0.05, 0) is 64.8 Å². The summed E-state index contributed by atoms with van der Waals surface area (Å²) in [6.45, 7) is 12.5. The maximum absolute atomic E-state index is 13.8. The fourth-order valence-electron chi connectivity index (χ4n) is 4.68. The summed E-state index contributed by atoms with van der Waals surface area (Å²) in [4.78, 5) is 47.0. The lowest BCUT2D eigenvalue weighted by Crippen LogP contribution is -2.30. The quantitative estimate of drug-likeness (QED) is 0.247. The van der Waals surface area contributed by atoms with Crippen LogP contribution in [0.1, 0.15) is 67.8 Å². The second-order valence-corrected chi connectivity index (χ2v) is 10.3. The van der Waals surface area contributed by atoms with Crippen LogP contribution in [0.5, 0.6) is 0 Å². The number of carbonyl (C=O) groups excluding carboxylic acids is 3. The van der Waals surface area contributed by atoms with Gasteiger partial charge in [0.1, 0.15) is 5.00 Å². The van der Waals surface area contributed by atoms with E-state index in [1.807, 2.05) is 64.1 Å². The molecule has 2 aromatic heterocycles. The summed E-state index contributed by atoms with van der Waals surface area (Å²) in [6, 6.07) is 15.4. The van der Waals surface area contributed by atoms with Crippen LogP contribution < -0.4 is 5.32 Å². The molecule has 0 aliphatic rings. The van der Waals surface area contributed by atoms with Crippen LogP contribution in [0.25, 0.3) is 22.2 Å². The van der Waals surface area contributed by atoms with Crippen molar-refractivity contribution in [3.63, 3.8) is 0 Å². The second kappa shape index (κ2) is 11.8. The maximum Gasteiger partial charge on any atom is 0.341 e. The van der Waals surface area contributed by atoms with Gasteiger partial charge in [-0.15, -0.1) is 11.3 Å². The third kappa shape index (κ3) is 5.56. The van der Waals surface area contributed by atoms with Crippen molar-refractivity contribution >= 4 is 45.0 Å². The van der Waals surface area contributed by atoms with Crippen LogP contribution in [0.2, 0.25) is 0 Å². The van der Waals surface area contributed by atoms with Gasteiger partial charge in [-0.1, -0.05) is 42.0 Å². The minimum absolute atomic E-state index is 0.176. The maximum atomic E-state index is 13.8. The summed E-state index contributed by atoms with van der Waals surface area (Å²) in [5, 5.41) is 3.91. The average molecular weight is 544 g/mol. The Morgan fingerprint density at radius 3 is 2.36 bits per heavy atom. The predicted octanol–water partition coefficient (Wildman–Crippen LogP) is 6.80.